The zero-order chi connectivity index (χ0) is 19.5. The number of fused-ring (bicyclic) bond motifs is 1. The van der Waals surface area contributed by atoms with E-state index in [4.69, 9.17) is 0 Å². The van der Waals surface area contributed by atoms with Gasteiger partial charge >= 0.3 is 0 Å². The van der Waals surface area contributed by atoms with Crippen molar-refractivity contribution < 1.29 is 4.79 Å². The molecule has 4 rings (SSSR count). The molecular weight excluding hydrogens is 352 g/mol. The SMILES string of the molecule is CN(Cc1ccc(N2CCCCC2)cc1)C(=O)c1n[nH]c(=O)c2ccccc12. The van der Waals surface area contributed by atoms with Crippen LogP contribution in [-0.2, 0) is 6.54 Å². The Morgan fingerprint density at radius 2 is 1.71 bits per heavy atom. The van der Waals surface area contributed by atoms with Crippen LogP contribution in [0.15, 0.2) is 53.3 Å². The maximum atomic E-state index is 12.9. The number of carbonyl (C=O) groups is 1. The van der Waals surface area contributed by atoms with Gasteiger partial charge in [0.25, 0.3) is 11.5 Å². The Balaban J connectivity index is 1.51. The lowest BCUT2D eigenvalue weighted by molar-refractivity contribution is 0.0780. The lowest BCUT2D eigenvalue weighted by Crippen LogP contribution is -2.29. The van der Waals surface area contributed by atoms with Gasteiger partial charge in [0.2, 0.25) is 0 Å². The van der Waals surface area contributed by atoms with Crippen molar-refractivity contribution in [3.8, 4) is 0 Å². The van der Waals surface area contributed by atoms with E-state index in [0.29, 0.717) is 17.3 Å². The van der Waals surface area contributed by atoms with E-state index < -0.39 is 0 Å². The van der Waals surface area contributed by atoms with Crippen LogP contribution in [0.1, 0.15) is 35.3 Å². The molecule has 0 spiro atoms. The van der Waals surface area contributed by atoms with Crippen LogP contribution in [0.4, 0.5) is 5.69 Å². The lowest BCUT2D eigenvalue weighted by Gasteiger charge is -2.29. The Morgan fingerprint density at radius 1 is 1.04 bits per heavy atom. The average Bonchev–Trinajstić information content (AvgIpc) is 2.75. The molecule has 3 aromatic rings. The molecule has 28 heavy (non-hydrogen) atoms. The highest BCUT2D eigenvalue weighted by atomic mass is 16.2. The molecule has 2 heterocycles. The molecule has 1 fully saturated rings. The summed E-state index contributed by atoms with van der Waals surface area (Å²) < 4.78 is 0. The first-order chi connectivity index (χ1) is 13.6. The number of aromatic amines is 1. The van der Waals surface area contributed by atoms with Crippen molar-refractivity contribution in [3.63, 3.8) is 0 Å². The average molecular weight is 376 g/mol. The number of carbonyl (C=O) groups excluding carboxylic acids is 1. The van der Waals surface area contributed by atoms with Crippen molar-refractivity contribution >= 4 is 22.4 Å². The predicted octanol–water partition coefficient (Wildman–Crippen LogP) is 3.19. The maximum absolute atomic E-state index is 12.9. The van der Waals surface area contributed by atoms with Crippen molar-refractivity contribution in [2.75, 3.05) is 25.0 Å². The second kappa shape index (κ2) is 7.84. The fraction of sp³-hybridized carbons (Fsp3) is 0.318. The third kappa shape index (κ3) is 3.63. The maximum Gasteiger partial charge on any atom is 0.274 e. The summed E-state index contributed by atoms with van der Waals surface area (Å²) >= 11 is 0. The van der Waals surface area contributed by atoms with Crippen molar-refractivity contribution in [2.24, 2.45) is 0 Å². The third-order valence-corrected chi connectivity index (χ3v) is 5.32. The molecule has 1 aliphatic heterocycles. The van der Waals surface area contributed by atoms with Gasteiger partial charge in [-0.3, -0.25) is 9.59 Å². The molecule has 0 radical (unpaired) electrons. The first-order valence-electron chi connectivity index (χ1n) is 9.70. The molecule has 1 aromatic heterocycles. The smallest absolute Gasteiger partial charge is 0.274 e. The molecule has 0 aliphatic carbocycles. The van der Waals surface area contributed by atoms with Gasteiger partial charge in [-0.05, 0) is 43.0 Å². The van der Waals surface area contributed by atoms with E-state index in [1.54, 1.807) is 36.2 Å². The Morgan fingerprint density at radius 3 is 2.43 bits per heavy atom. The number of nitrogens with one attached hydrogen (secondary N) is 1. The van der Waals surface area contributed by atoms with Crippen LogP contribution >= 0.6 is 0 Å². The molecule has 0 saturated carbocycles. The van der Waals surface area contributed by atoms with Gasteiger partial charge in [-0.2, -0.15) is 5.10 Å². The summed E-state index contributed by atoms with van der Waals surface area (Å²) in [5.41, 5.74) is 2.28. The molecule has 1 saturated heterocycles. The summed E-state index contributed by atoms with van der Waals surface area (Å²) in [6, 6.07) is 15.5. The van der Waals surface area contributed by atoms with E-state index in [1.165, 1.54) is 24.9 Å². The molecule has 0 bridgehead atoms. The van der Waals surface area contributed by atoms with Gasteiger partial charge in [0.1, 0.15) is 0 Å². The van der Waals surface area contributed by atoms with Gasteiger partial charge in [-0.15, -0.1) is 0 Å². The van der Waals surface area contributed by atoms with Gasteiger partial charge in [0, 0.05) is 37.8 Å². The largest absolute Gasteiger partial charge is 0.372 e. The molecule has 6 nitrogen and oxygen atoms in total. The molecule has 1 amide bonds. The van der Waals surface area contributed by atoms with Gasteiger partial charge < -0.3 is 9.80 Å². The lowest BCUT2D eigenvalue weighted by atomic mass is 10.1. The first-order valence-corrected chi connectivity index (χ1v) is 9.70. The molecule has 1 N–H and O–H groups in total. The van der Waals surface area contributed by atoms with Gasteiger partial charge in [0.15, 0.2) is 5.69 Å². The van der Waals surface area contributed by atoms with Crippen molar-refractivity contribution in [2.45, 2.75) is 25.8 Å². The Kier molecular flexibility index (Phi) is 5.10. The summed E-state index contributed by atoms with van der Waals surface area (Å²) in [5.74, 6) is -0.215. The summed E-state index contributed by atoms with van der Waals surface area (Å²) in [4.78, 5) is 28.9. The van der Waals surface area contributed by atoms with E-state index in [0.717, 1.165) is 18.7 Å². The summed E-state index contributed by atoms with van der Waals surface area (Å²) in [6.07, 6.45) is 3.81. The fourth-order valence-corrected chi connectivity index (χ4v) is 3.77. The Bertz CT molecular complexity index is 1040. The molecule has 0 atom stereocenters. The predicted molar refractivity (Wildman–Crippen MR) is 111 cm³/mol. The second-order valence-electron chi connectivity index (χ2n) is 7.32. The Hall–Kier alpha value is -3.15. The summed E-state index contributed by atoms with van der Waals surface area (Å²) in [5, 5.41) is 7.48. The second-order valence-corrected chi connectivity index (χ2v) is 7.32. The number of H-pyrrole nitrogens is 1. The number of piperidine rings is 1. The molecule has 1 aliphatic rings. The molecule has 0 unspecified atom stereocenters. The summed E-state index contributed by atoms with van der Waals surface area (Å²) in [7, 11) is 1.75. The quantitative estimate of drug-likeness (QED) is 0.759. The van der Waals surface area contributed by atoms with Crippen molar-refractivity contribution in [3.05, 3.63) is 70.1 Å². The van der Waals surface area contributed by atoms with E-state index in [9.17, 15) is 9.59 Å². The van der Waals surface area contributed by atoms with Crippen LogP contribution in [0.5, 0.6) is 0 Å². The van der Waals surface area contributed by atoms with Gasteiger partial charge in [-0.25, -0.2) is 5.10 Å². The first kappa shape index (κ1) is 18.2. The molecule has 2 aromatic carbocycles. The van der Waals surface area contributed by atoms with E-state index in [2.05, 4.69) is 39.4 Å². The number of benzene rings is 2. The minimum Gasteiger partial charge on any atom is -0.372 e. The van der Waals surface area contributed by atoms with Crippen LogP contribution < -0.4 is 10.5 Å². The topological polar surface area (TPSA) is 69.3 Å². The number of nitrogens with zero attached hydrogens (tertiary/aromatic N) is 3. The summed E-state index contributed by atoms with van der Waals surface area (Å²) in [6.45, 7) is 2.71. The monoisotopic (exact) mass is 376 g/mol. The molecule has 6 heteroatoms. The number of anilines is 1. The van der Waals surface area contributed by atoms with Gasteiger partial charge in [-0.1, -0.05) is 30.3 Å². The van der Waals surface area contributed by atoms with Crippen LogP contribution in [0.25, 0.3) is 10.8 Å². The fourth-order valence-electron chi connectivity index (χ4n) is 3.77. The number of rotatable bonds is 4. The van der Waals surface area contributed by atoms with Crippen LogP contribution in [0, 0.1) is 0 Å². The highest BCUT2D eigenvalue weighted by molar-refractivity contribution is 6.04. The van der Waals surface area contributed by atoms with Crippen molar-refractivity contribution in [1.82, 2.24) is 15.1 Å². The number of amides is 1. The minimum absolute atomic E-state index is 0.215. The highest BCUT2D eigenvalue weighted by Crippen LogP contribution is 2.21. The van der Waals surface area contributed by atoms with Crippen LogP contribution in [-0.4, -0.2) is 41.1 Å². The van der Waals surface area contributed by atoms with Gasteiger partial charge in [0.05, 0.1) is 5.39 Å². The van der Waals surface area contributed by atoms with E-state index >= 15 is 0 Å². The number of hydrogen-bond acceptors (Lipinski definition) is 4. The van der Waals surface area contributed by atoms with E-state index in [1.807, 2.05) is 0 Å². The zero-order valence-electron chi connectivity index (χ0n) is 16.0. The molecular formula is C22H24N4O2. The zero-order valence-corrected chi connectivity index (χ0v) is 16.0. The highest BCUT2D eigenvalue weighted by Gasteiger charge is 2.18. The number of hydrogen-bond donors (Lipinski definition) is 1. The van der Waals surface area contributed by atoms with Crippen LogP contribution in [0.2, 0.25) is 0 Å². The normalized spacial score (nSPS) is 14.2. The Labute approximate surface area is 163 Å². The molecule has 144 valence electrons. The third-order valence-electron chi connectivity index (χ3n) is 5.32. The number of aromatic nitrogens is 2. The minimum atomic E-state index is -0.289. The standard InChI is InChI=1S/C22H24N4O2/c1-25(15-16-9-11-17(12-10-16)26-13-5-2-6-14-26)22(28)20-18-7-3-4-8-19(18)21(27)24-23-20/h3-4,7-12H,2,5-6,13-15H2,1H3,(H,24,27). The van der Waals surface area contributed by atoms with E-state index in [-0.39, 0.29) is 17.2 Å². The van der Waals surface area contributed by atoms with Crippen molar-refractivity contribution in [1.29, 1.82) is 0 Å². The van der Waals surface area contributed by atoms with Crippen LogP contribution in [0.3, 0.4) is 0 Å².